The molecular weight excluding hydrogens is 681 g/mol. The van der Waals surface area contributed by atoms with E-state index in [0.717, 1.165) is 27.8 Å². The van der Waals surface area contributed by atoms with Gasteiger partial charge < -0.3 is 24.7 Å². The first-order valence-corrected chi connectivity index (χ1v) is 18.0. The number of ether oxygens (including phenoxy) is 2. The second-order valence-corrected chi connectivity index (χ2v) is 17.1. The second-order valence-electron chi connectivity index (χ2n) is 13.7. The number of pyridine rings is 2. The van der Waals surface area contributed by atoms with Gasteiger partial charge in [0.15, 0.2) is 4.33 Å². The number of carbonyl (C=O) groups is 1. The van der Waals surface area contributed by atoms with Crippen LogP contribution in [0.1, 0.15) is 82.8 Å². The standard InChI is InChI=1S/C37H47Cl2N5O4S/c1-23(44-49(46)35(3,4)5)28-17-19-31(42-34(28)48-9)26-13-10-12-25(20-26)29-14-11-15-30(37(29,38)39)32-18-16-27(33(43-32)47-8)21-41-36(6,7)22-40-24(2)45/h10-20,23,30,41,44H,21-22H2,1-9H3,(H,40,45). The molecule has 1 aliphatic rings. The maximum absolute atomic E-state index is 12.7. The summed E-state index contributed by atoms with van der Waals surface area (Å²) in [6.45, 7) is 14.2. The number of amides is 1. The molecule has 0 spiro atoms. The third-order valence-electron chi connectivity index (χ3n) is 8.18. The van der Waals surface area contributed by atoms with E-state index in [9.17, 15) is 9.35 Å². The minimum Gasteiger partial charge on any atom is -0.598 e. The van der Waals surface area contributed by atoms with E-state index in [1.54, 1.807) is 14.2 Å². The quantitative estimate of drug-likeness (QED) is 0.125. The number of aromatic nitrogens is 2. The number of rotatable bonds is 13. The summed E-state index contributed by atoms with van der Waals surface area (Å²) in [6.07, 6.45) is 5.80. The Kier molecular flexibility index (Phi) is 12.5. The number of nitrogens with zero attached hydrogens (tertiary/aromatic N) is 2. The van der Waals surface area contributed by atoms with Crippen molar-refractivity contribution in [3.63, 3.8) is 0 Å². The van der Waals surface area contributed by atoms with Gasteiger partial charge in [0.1, 0.15) is 4.75 Å². The fourth-order valence-electron chi connectivity index (χ4n) is 5.30. The number of benzene rings is 1. The van der Waals surface area contributed by atoms with E-state index >= 15 is 0 Å². The van der Waals surface area contributed by atoms with Crippen molar-refractivity contribution < 1.29 is 18.8 Å². The van der Waals surface area contributed by atoms with Crippen LogP contribution in [0.5, 0.6) is 11.8 Å². The third-order valence-corrected chi connectivity index (χ3v) is 10.7. The van der Waals surface area contributed by atoms with Crippen LogP contribution >= 0.6 is 23.2 Å². The van der Waals surface area contributed by atoms with E-state index in [-0.39, 0.29) is 17.5 Å². The number of carbonyl (C=O) groups excluding carboxylic acids is 1. The average Bonchev–Trinajstić information content (AvgIpc) is 3.05. The van der Waals surface area contributed by atoms with Crippen molar-refractivity contribution in [1.82, 2.24) is 25.3 Å². The molecule has 1 aliphatic carbocycles. The lowest BCUT2D eigenvalue weighted by Gasteiger charge is -2.33. The molecule has 0 fully saturated rings. The van der Waals surface area contributed by atoms with Gasteiger partial charge in [-0.2, -0.15) is 0 Å². The van der Waals surface area contributed by atoms with Gasteiger partial charge in [0.2, 0.25) is 17.7 Å². The van der Waals surface area contributed by atoms with E-state index in [1.165, 1.54) is 6.92 Å². The smallest absolute Gasteiger partial charge is 0.218 e. The van der Waals surface area contributed by atoms with Gasteiger partial charge in [-0.25, -0.2) is 9.97 Å². The minimum absolute atomic E-state index is 0.0779. The van der Waals surface area contributed by atoms with Gasteiger partial charge in [-0.05, 0) is 76.9 Å². The van der Waals surface area contributed by atoms with Crippen molar-refractivity contribution in [2.24, 2.45) is 0 Å². The number of methoxy groups -OCH3 is 2. The summed E-state index contributed by atoms with van der Waals surface area (Å²) in [4.78, 5) is 21.0. The summed E-state index contributed by atoms with van der Waals surface area (Å²) in [7, 11) is 3.16. The molecule has 0 saturated heterocycles. The van der Waals surface area contributed by atoms with Crippen LogP contribution in [0.25, 0.3) is 16.8 Å². The zero-order valence-corrected chi connectivity index (χ0v) is 31.9. The number of hydrogen-bond acceptors (Lipinski definition) is 8. The molecule has 3 unspecified atom stereocenters. The van der Waals surface area contributed by atoms with Crippen molar-refractivity contribution in [3.05, 3.63) is 89.1 Å². The highest BCUT2D eigenvalue weighted by Crippen LogP contribution is 2.50. The normalized spacial score (nSPS) is 17.2. The Bertz CT molecular complexity index is 1710. The Morgan fingerprint density at radius 3 is 2.37 bits per heavy atom. The van der Waals surface area contributed by atoms with Gasteiger partial charge in [-0.1, -0.05) is 65.7 Å². The number of allylic oxidation sites excluding steroid dienone is 4. The molecule has 49 heavy (non-hydrogen) atoms. The monoisotopic (exact) mass is 727 g/mol. The molecule has 0 bridgehead atoms. The first-order valence-electron chi connectivity index (χ1n) is 16.1. The lowest BCUT2D eigenvalue weighted by atomic mass is 9.85. The first kappa shape index (κ1) is 38.7. The SMILES string of the molecule is COc1nc(C2C=CC=C(c3cccc(-c4ccc(C(C)N[S+]([O-])C(C)(C)C)c(OC)n4)c3)C2(Cl)Cl)ccc1CNC(C)(C)CNC(C)=O. The van der Waals surface area contributed by atoms with Crippen molar-refractivity contribution in [3.8, 4) is 23.0 Å². The van der Waals surface area contributed by atoms with Crippen LogP contribution < -0.4 is 24.8 Å². The molecule has 3 N–H and O–H groups in total. The lowest BCUT2D eigenvalue weighted by Crippen LogP contribution is -2.48. The lowest BCUT2D eigenvalue weighted by molar-refractivity contribution is -0.119. The summed E-state index contributed by atoms with van der Waals surface area (Å²) < 4.78 is 25.5. The number of alkyl halides is 2. The van der Waals surface area contributed by atoms with E-state index < -0.39 is 26.4 Å². The molecule has 1 amide bonds. The Labute approximate surface area is 303 Å². The van der Waals surface area contributed by atoms with Gasteiger partial charge in [0.05, 0.1) is 37.6 Å². The predicted octanol–water partition coefficient (Wildman–Crippen LogP) is 7.19. The van der Waals surface area contributed by atoms with Crippen LogP contribution in [0.3, 0.4) is 0 Å². The molecule has 2 heterocycles. The first-order chi connectivity index (χ1) is 23.0. The predicted molar refractivity (Wildman–Crippen MR) is 200 cm³/mol. The van der Waals surface area contributed by atoms with Crippen molar-refractivity contribution in [1.29, 1.82) is 0 Å². The van der Waals surface area contributed by atoms with E-state index in [0.29, 0.717) is 36.2 Å². The molecule has 1 aromatic carbocycles. The number of hydrogen-bond donors (Lipinski definition) is 3. The molecule has 0 aliphatic heterocycles. The van der Waals surface area contributed by atoms with Crippen LogP contribution in [-0.4, -0.2) is 55.8 Å². The summed E-state index contributed by atoms with van der Waals surface area (Å²) >= 11 is 13.2. The molecule has 3 aromatic rings. The highest BCUT2D eigenvalue weighted by atomic mass is 35.5. The molecule has 0 saturated carbocycles. The molecule has 9 nitrogen and oxygen atoms in total. The fraction of sp³-hybridized carbons (Fsp3) is 0.432. The summed E-state index contributed by atoms with van der Waals surface area (Å²) in [5.41, 5.74) is 5.12. The van der Waals surface area contributed by atoms with Crippen LogP contribution in [-0.2, 0) is 22.7 Å². The number of nitrogens with one attached hydrogen (secondary N) is 3. The zero-order valence-electron chi connectivity index (χ0n) is 29.6. The Morgan fingerprint density at radius 2 is 1.71 bits per heavy atom. The maximum Gasteiger partial charge on any atom is 0.218 e. The Hall–Kier alpha value is -3.12. The van der Waals surface area contributed by atoms with E-state index in [2.05, 4.69) is 15.4 Å². The summed E-state index contributed by atoms with van der Waals surface area (Å²) in [5, 5.41) is 6.31. The van der Waals surface area contributed by atoms with Crippen LogP contribution in [0.15, 0.2) is 66.8 Å². The van der Waals surface area contributed by atoms with Crippen molar-refractivity contribution in [2.75, 3.05) is 20.8 Å². The van der Waals surface area contributed by atoms with Gasteiger partial charge in [0, 0.05) is 53.6 Å². The second kappa shape index (κ2) is 15.8. The molecule has 3 atom stereocenters. The summed E-state index contributed by atoms with van der Waals surface area (Å²) in [6, 6.07) is 15.4. The Balaban J connectivity index is 1.57. The van der Waals surface area contributed by atoms with Crippen LogP contribution in [0, 0.1) is 0 Å². The Morgan fingerprint density at radius 1 is 1.02 bits per heavy atom. The van der Waals surface area contributed by atoms with Gasteiger partial charge >= 0.3 is 0 Å². The fourth-order valence-corrected chi connectivity index (χ4v) is 6.81. The largest absolute Gasteiger partial charge is 0.598 e. The van der Waals surface area contributed by atoms with Crippen LogP contribution in [0.4, 0.5) is 0 Å². The molecular formula is C37H47Cl2N5O4S. The van der Waals surface area contributed by atoms with Crippen LogP contribution in [0.2, 0.25) is 0 Å². The molecule has 0 radical (unpaired) electrons. The topological polar surface area (TPSA) is 120 Å². The van der Waals surface area contributed by atoms with Crippen molar-refractivity contribution >= 4 is 46.0 Å². The maximum atomic E-state index is 12.7. The number of halogens is 2. The highest BCUT2D eigenvalue weighted by Gasteiger charge is 2.41. The zero-order chi connectivity index (χ0) is 36.1. The minimum atomic E-state index is -1.34. The molecule has 2 aromatic heterocycles. The molecule has 264 valence electrons. The van der Waals surface area contributed by atoms with Crippen molar-refractivity contribution in [2.45, 2.75) is 81.6 Å². The van der Waals surface area contributed by atoms with Gasteiger partial charge in [-0.15, -0.1) is 4.72 Å². The highest BCUT2D eigenvalue weighted by molar-refractivity contribution is 7.90. The summed E-state index contributed by atoms with van der Waals surface area (Å²) in [5.74, 6) is 0.379. The third kappa shape index (κ3) is 9.57. The molecule has 4 rings (SSSR count). The molecule has 12 heteroatoms. The van der Waals surface area contributed by atoms with Gasteiger partial charge in [-0.3, -0.25) is 4.79 Å². The van der Waals surface area contributed by atoms with E-state index in [4.69, 9.17) is 42.6 Å². The van der Waals surface area contributed by atoms with E-state index in [1.807, 2.05) is 108 Å². The average molecular weight is 729 g/mol. The van der Waals surface area contributed by atoms with Gasteiger partial charge in [0.25, 0.3) is 0 Å².